The summed E-state index contributed by atoms with van der Waals surface area (Å²) in [5.74, 6) is 1.22. The van der Waals surface area contributed by atoms with Crippen molar-refractivity contribution in [1.29, 1.82) is 0 Å². The molecule has 0 radical (unpaired) electrons. The van der Waals surface area contributed by atoms with Crippen molar-refractivity contribution in [2.75, 3.05) is 0 Å². The van der Waals surface area contributed by atoms with E-state index in [2.05, 4.69) is 13.8 Å². The average Bonchev–Trinajstić information content (AvgIpc) is 2.29. The minimum absolute atomic E-state index is 0. The van der Waals surface area contributed by atoms with Gasteiger partial charge in [0.25, 0.3) is 0 Å². The van der Waals surface area contributed by atoms with Gasteiger partial charge in [-0.2, -0.15) is 0 Å². The second-order valence-electron chi connectivity index (χ2n) is 6.17. The Balaban J connectivity index is -0.00000144. The van der Waals surface area contributed by atoms with Crippen LogP contribution in [0.4, 0.5) is 0 Å². The van der Waals surface area contributed by atoms with Crippen LogP contribution in [0.3, 0.4) is 0 Å². The van der Waals surface area contributed by atoms with Crippen molar-refractivity contribution in [3.05, 3.63) is 0 Å². The van der Waals surface area contributed by atoms with Crippen LogP contribution in [0.1, 0.15) is 99.2 Å². The Morgan fingerprint density at radius 3 is 1.53 bits per heavy atom. The molecule has 0 saturated heterocycles. The molecular formula is C17H35NaO. The second-order valence-corrected chi connectivity index (χ2v) is 6.17. The molecule has 0 aromatic carbocycles. The standard InChI is InChI=1S/C17H34O.Na.H/c1-16(2)14-12-10-8-6-4-5-7-9-11-13-15-17(3)18;;/h16H,4-15H2,1-3H3;;/q;+1;-1. The van der Waals surface area contributed by atoms with E-state index >= 15 is 0 Å². The topological polar surface area (TPSA) is 17.1 Å². The molecule has 0 saturated carbocycles. The first-order chi connectivity index (χ1) is 8.63. The number of ketones is 1. The Labute approximate surface area is 145 Å². The summed E-state index contributed by atoms with van der Waals surface area (Å²) in [5.41, 5.74) is 0. The fourth-order valence-electron chi connectivity index (χ4n) is 2.34. The number of hydrogen-bond donors (Lipinski definition) is 0. The summed E-state index contributed by atoms with van der Waals surface area (Å²) >= 11 is 0. The molecule has 0 heterocycles. The molecule has 0 aliphatic rings. The van der Waals surface area contributed by atoms with Crippen LogP contribution in [-0.2, 0) is 4.79 Å². The second kappa shape index (κ2) is 16.7. The predicted octanol–water partition coefficient (Wildman–Crippen LogP) is 3.03. The van der Waals surface area contributed by atoms with E-state index in [-0.39, 0.29) is 31.0 Å². The first-order valence-corrected chi connectivity index (χ1v) is 8.12. The van der Waals surface area contributed by atoms with Crippen LogP contribution in [0.5, 0.6) is 0 Å². The van der Waals surface area contributed by atoms with E-state index in [0.29, 0.717) is 5.78 Å². The molecule has 110 valence electrons. The summed E-state index contributed by atoms with van der Waals surface area (Å²) in [5, 5.41) is 0. The van der Waals surface area contributed by atoms with E-state index in [0.717, 1.165) is 18.8 Å². The molecule has 0 aromatic rings. The van der Waals surface area contributed by atoms with Gasteiger partial charge in [0.2, 0.25) is 0 Å². The Morgan fingerprint density at radius 1 is 0.789 bits per heavy atom. The van der Waals surface area contributed by atoms with E-state index in [4.69, 9.17) is 0 Å². The largest absolute Gasteiger partial charge is 1.00 e. The van der Waals surface area contributed by atoms with Gasteiger partial charge in [-0.1, -0.05) is 78.1 Å². The predicted molar refractivity (Wildman–Crippen MR) is 82.0 cm³/mol. The molecule has 0 amide bonds. The van der Waals surface area contributed by atoms with Gasteiger partial charge in [0.05, 0.1) is 0 Å². The number of hydrogen-bond acceptors (Lipinski definition) is 1. The van der Waals surface area contributed by atoms with Gasteiger partial charge in [-0.15, -0.1) is 0 Å². The van der Waals surface area contributed by atoms with E-state index in [1.54, 1.807) is 6.92 Å². The van der Waals surface area contributed by atoms with Gasteiger partial charge in [0.15, 0.2) is 0 Å². The fraction of sp³-hybridized carbons (Fsp3) is 0.941. The van der Waals surface area contributed by atoms with E-state index in [1.807, 2.05) is 0 Å². The van der Waals surface area contributed by atoms with Crippen molar-refractivity contribution in [3.8, 4) is 0 Å². The molecule has 0 atom stereocenters. The Morgan fingerprint density at radius 2 is 1.16 bits per heavy atom. The van der Waals surface area contributed by atoms with E-state index in [1.165, 1.54) is 64.2 Å². The molecule has 0 unspecified atom stereocenters. The summed E-state index contributed by atoms with van der Waals surface area (Å²) in [6.07, 6.45) is 15.7. The van der Waals surface area contributed by atoms with Crippen molar-refractivity contribution in [3.63, 3.8) is 0 Å². The molecule has 0 aliphatic carbocycles. The maximum Gasteiger partial charge on any atom is 1.00 e. The smallest absolute Gasteiger partial charge is 1.00 e. The Kier molecular flexibility index (Phi) is 19.3. The van der Waals surface area contributed by atoms with Gasteiger partial charge in [0.1, 0.15) is 5.78 Å². The molecule has 19 heavy (non-hydrogen) atoms. The maximum atomic E-state index is 10.7. The van der Waals surface area contributed by atoms with Crippen molar-refractivity contribution < 1.29 is 35.8 Å². The third kappa shape index (κ3) is 21.1. The molecule has 0 bridgehead atoms. The third-order valence-electron chi connectivity index (χ3n) is 3.56. The molecule has 0 spiro atoms. The summed E-state index contributed by atoms with van der Waals surface area (Å²) in [6, 6.07) is 0. The monoisotopic (exact) mass is 278 g/mol. The molecule has 0 aromatic heterocycles. The summed E-state index contributed by atoms with van der Waals surface area (Å²) in [6.45, 7) is 6.32. The van der Waals surface area contributed by atoms with Gasteiger partial charge in [-0.05, 0) is 19.3 Å². The van der Waals surface area contributed by atoms with Crippen LogP contribution < -0.4 is 29.6 Å². The van der Waals surface area contributed by atoms with Crippen molar-refractivity contribution in [2.45, 2.75) is 97.8 Å². The average molecular weight is 278 g/mol. The van der Waals surface area contributed by atoms with Crippen molar-refractivity contribution in [2.24, 2.45) is 5.92 Å². The van der Waals surface area contributed by atoms with Gasteiger partial charge in [-0.25, -0.2) is 0 Å². The zero-order chi connectivity index (χ0) is 13.6. The minimum Gasteiger partial charge on any atom is -1.00 e. The van der Waals surface area contributed by atoms with Crippen molar-refractivity contribution >= 4 is 5.78 Å². The normalized spacial score (nSPS) is 10.5. The van der Waals surface area contributed by atoms with Crippen LogP contribution in [0.25, 0.3) is 0 Å². The molecule has 2 heteroatoms. The fourth-order valence-corrected chi connectivity index (χ4v) is 2.34. The number of rotatable bonds is 13. The van der Waals surface area contributed by atoms with Crippen LogP contribution in [0, 0.1) is 5.92 Å². The van der Waals surface area contributed by atoms with Crippen LogP contribution in [-0.4, -0.2) is 5.78 Å². The molecule has 0 rings (SSSR count). The Bertz CT molecular complexity index is 195. The molecule has 0 fully saturated rings. The van der Waals surface area contributed by atoms with Gasteiger partial charge < -0.3 is 6.22 Å². The van der Waals surface area contributed by atoms with Gasteiger partial charge in [0, 0.05) is 6.42 Å². The molecule has 0 aliphatic heterocycles. The minimum atomic E-state index is 0. The summed E-state index contributed by atoms with van der Waals surface area (Å²) in [4.78, 5) is 10.7. The van der Waals surface area contributed by atoms with E-state index < -0.39 is 0 Å². The van der Waals surface area contributed by atoms with Crippen LogP contribution in [0.2, 0.25) is 0 Å². The first kappa shape index (κ1) is 22.0. The van der Waals surface area contributed by atoms with Crippen LogP contribution in [0.15, 0.2) is 0 Å². The Hall–Kier alpha value is 0.670. The zero-order valence-electron chi connectivity index (χ0n) is 15.0. The van der Waals surface area contributed by atoms with Gasteiger partial charge in [-0.3, -0.25) is 0 Å². The third-order valence-corrected chi connectivity index (χ3v) is 3.56. The number of unbranched alkanes of at least 4 members (excludes halogenated alkanes) is 9. The molecular weight excluding hydrogens is 243 g/mol. The first-order valence-electron chi connectivity index (χ1n) is 8.12. The van der Waals surface area contributed by atoms with Gasteiger partial charge >= 0.3 is 29.6 Å². The SMILES string of the molecule is CC(=O)CCCCCCCCCCCCC(C)C.[H-].[Na+]. The number of carbonyl (C=O) groups is 1. The number of Topliss-reactive ketones (excluding diaryl/α,β-unsaturated/α-hetero) is 1. The van der Waals surface area contributed by atoms with Crippen LogP contribution >= 0.6 is 0 Å². The quantitative estimate of drug-likeness (QED) is 0.374. The maximum absolute atomic E-state index is 10.7. The molecule has 0 N–H and O–H groups in total. The summed E-state index contributed by atoms with van der Waals surface area (Å²) < 4.78 is 0. The summed E-state index contributed by atoms with van der Waals surface area (Å²) in [7, 11) is 0. The van der Waals surface area contributed by atoms with E-state index in [9.17, 15) is 4.79 Å². The van der Waals surface area contributed by atoms with Crippen molar-refractivity contribution in [1.82, 2.24) is 0 Å². The molecule has 1 nitrogen and oxygen atoms in total. The zero-order valence-corrected chi connectivity index (χ0v) is 16.0. The number of carbonyl (C=O) groups excluding carboxylic acids is 1.